The number of halogens is 1. The quantitative estimate of drug-likeness (QED) is 0.135. The molecule has 3 amide bonds. The molecule has 0 atom stereocenters. The molecule has 0 saturated carbocycles. The number of carbonyl (C=O) groups excluding carboxylic acids is 4. The zero-order valence-electron chi connectivity index (χ0n) is 21.7. The average molecular weight is 551 g/mol. The first kappa shape index (κ1) is 29.3. The highest BCUT2D eigenvalue weighted by Gasteiger charge is 2.12. The first-order chi connectivity index (χ1) is 19.3. The molecule has 3 N–H and O–H groups in total. The Morgan fingerprint density at radius 3 is 2.35 bits per heavy atom. The minimum Gasteiger partial charge on any atom is -0.493 e. The van der Waals surface area contributed by atoms with E-state index in [2.05, 4.69) is 21.2 Å². The fraction of sp³-hybridized carbons (Fsp3) is 0.179. The summed E-state index contributed by atoms with van der Waals surface area (Å²) in [5.41, 5.74) is 3.57. The third kappa shape index (κ3) is 8.94. The van der Waals surface area contributed by atoms with Crippen molar-refractivity contribution in [1.82, 2.24) is 5.43 Å². The summed E-state index contributed by atoms with van der Waals surface area (Å²) in [6.45, 7) is 1.67. The molecular formula is C28H27FN4O7. The first-order valence-electron chi connectivity index (χ1n) is 12.0. The normalized spacial score (nSPS) is 10.5. The van der Waals surface area contributed by atoms with E-state index in [1.807, 2.05) is 0 Å². The Morgan fingerprint density at radius 1 is 0.900 bits per heavy atom. The van der Waals surface area contributed by atoms with Crippen molar-refractivity contribution < 1.29 is 37.8 Å². The van der Waals surface area contributed by atoms with E-state index in [1.54, 1.807) is 55.5 Å². The number of amides is 3. The minimum atomic E-state index is -0.696. The van der Waals surface area contributed by atoms with Gasteiger partial charge in [-0.2, -0.15) is 5.10 Å². The minimum absolute atomic E-state index is 0.0274. The van der Waals surface area contributed by atoms with E-state index in [0.29, 0.717) is 28.3 Å². The average Bonchev–Trinajstić information content (AvgIpc) is 2.94. The monoisotopic (exact) mass is 550 g/mol. The fourth-order valence-electron chi connectivity index (χ4n) is 3.25. The van der Waals surface area contributed by atoms with E-state index < -0.39 is 35.9 Å². The van der Waals surface area contributed by atoms with Crippen LogP contribution in [0.15, 0.2) is 71.8 Å². The maximum absolute atomic E-state index is 13.6. The number of para-hydroxylation sites is 1. The van der Waals surface area contributed by atoms with Crippen molar-refractivity contribution in [1.29, 1.82) is 0 Å². The first-order valence-corrected chi connectivity index (χ1v) is 12.0. The van der Waals surface area contributed by atoms with Crippen molar-refractivity contribution in [3.8, 4) is 11.5 Å². The third-order valence-corrected chi connectivity index (χ3v) is 5.10. The molecule has 208 valence electrons. The topological polar surface area (TPSA) is 144 Å². The molecule has 3 rings (SSSR count). The van der Waals surface area contributed by atoms with E-state index in [1.165, 1.54) is 31.5 Å². The van der Waals surface area contributed by atoms with Gasteiger partial charge in [0.1, 0.15) is 12.2 Å². The van der Waals surface area contributed by atoms with Gasteiger partial charge in [0.05, 0.1) is 31.2 Å². The predicted molar refractivity (Wildman–Crippen MR) is 145 cm³/mol. The Bertz CT molecular complexity index is 1390. The second kappa shape index (κ2) is 14.6. The maximum Gasteiger partial charge on any atom is 0.338 e. The van der Waals surface area contributed by atoms with Crippen LogP contribution in [-0.4, -0.2) is 50.2 Å². The van der Waals surface area contributed by atoms with E-state index in [-0.39, 0.29) is 18.9 Å². The Labute approximate surface area is 229 Å². The van der Waals surface area contributed by atoms with Gasteiger partial charge in [-0.1, -0.05) is 12.1 Å². The predicted octanol–water partition coefficient (Wildman–Crippen LogP) is 3.51. The molecule has 0 fully saturated rings. The molecular weight excluding hydrogens is 523 g/mol. The molecule has 3 aromatic rings. The number of rotatable bonds is 12. The summed E-state index contributed by atoms with van der Waals surface area (Å²) < 4.78 is 29.4. The number of benzene rings is 3. The van der Waals surface area contributed by atoms with Gasteiger partial charge in [-0.05, 0) is 67.1 Å². The highest BCUT2D eigenvalue weighted by atomic mass is 19.1. The van der Waals surface area contributed by atoms with Gasteiger partial charge in [-0.3, -0.25) is 14.4 Å². The Hall–Kier alpha value is -5.26. The summed E-state index contributed by atoms with van der Waals surface area (Å²) in [4.78, 5) is 47.9. The van der Waals surface area contributed by atoms with E-state index in [0.717, 1.165) is 0 Å². The number of hydrogen-bond donors (Lipinski definition) is 3. The Kier molecular flexibility index (Phi) is 10.7. The van der Waals surface area contributed by atoms with Crippen molar-refractivity contribution in [2.45, 2.75) is 13.3 Å². The van der Waals surface area contributed by atoms with E-state index >= 15 is 0 Å². The molecule has 0 bridgehead atoms. The molecule has 0 radical (unpaired) electrons. The van der Waals surface area contributed by atoms with Gasteiger partial charge in [-0.25, -0.2) is 14.6 Å². The lowest BCUT2D eigenvalue weighted by Crippen LogP contribution is -2.24. The lowest BCUT2D eigenvalue weighted by molar-refractivity contribution is -0.126. The standard InChI is InChI=1S/C28H27FN4O7/c1-3-39-28(37)19-9-11-20(12-10-19)31-27(36)17-40-23-13-8-18(14-24(23)38-2)16-30-33-26(35)15-25(34)32-22-7-5-4-6-21(22)29/h4-14,16H,3,15,17H2,1-2H3,(H,31,36)(H,32,34)(H,33,35). The number of esters is 1. The Balaban J connectivity index is 1.47. The highest BCUT2D eigenvalue weighted by molar-refractivity contribution is 6.03. The summed E-state index contributed by atoms with van der Waals surface area (Å²) in [6, 6.07) is 16.6. The van der Waals surface area contributed by atoms with Crippen LogP contribution in [0.1, 0.15) is 29.3 Å². The largest absolute Gasteiger partial charge is 0.493 e. The van der Waals surface area contributed by atoms with Gasteiger partial charge in [0.2, 0.25) is 11.8 Å². The molecule has 0 unspecified atom stereocenters. The number of hydrazone groups is 1. The smallest absolute Gasteiger partial charge is 0.338 e. The van der Waals surface area contributed by atoms with Gasteiger partial charge in [0, 0.05) is 5.69 Å². The van der Waals surface area contributed by atoms with Crippen LogP contribution < -0.4 is 25.5 Å². The number of methoxy groups -OCH3 is 1. The molecule has 40 heavy (non-hydrogen) atoms. The third-order valence-electron chi connectivity index (χ3n) is 5.10. The molecule has 0 saturated heterocycles. The molecule has 0 spiro atoms. The summed E-state index contributed by atoms with van der Waals surface area (Å²) in [6.07, 6.45) is 0.769. The fourth-order valence-corrected chi connectivity index (χ4v) is 3.25. The van der Waals surface area contributed by atoms with Gasteiger partial charge in [0.25, 0.3) is 5.91 Å². The number of hydrogen-bond acceptors (Lipinski definition) is 8. The Morgan fingerprint density at radius 2 is 1.65 bits per heavy atom. The second-order valence-corrected chi connectivity index (χ2v) is 8.04. The molecule has 12 heteroatoms. The summed E-state index contributed by atoms with van der Waals surface area (Å²) in [7, 11) is 1.42. The number of ether oxygens (including phenoxy) is 3. The summed E-state index contributed by atoms with van der Waals surface area (Å²) in [5, 5.41) is 8.78. The molecule has 0 aromatic heterocycles. The van der Waals surface area contributed by atoms with Crippen LogP contribution in [0.3, 0.4) is 0 Å². The van der Waals surface area contributed by atoms with Gasteiger partial charge < -0.3 is 24.8 Å². The lowest BCUT2D eigenvalue weighted by Gasteiger charge is -2.11. The molecule has 0 aliphatic carbocycles. The zero-order valence-corrected chi connectivity index (χ0v) is 21.7. The van der Waals surface area contributed by atoms with Gasteiger partial charge in [-0.15, -0.1) is 0 Å². The van der Waals surface area contributed by atoms with Gasteiger partial charge >= 0.3 is 5.97 Å². The van der Waals surface area contributed by atoms with E-state index in [4.69, 9.17) is 14.2 Å². The van der Waals surface area contributed by atoms with Crippen molar-refractivity contribution in [2.75, 3.05) is 31.0 Å². The van der Waals surface area contributed by atoms with Crippen LogP contribution in [0.5, 0.6) is 11.5 Å². The maximum atomic E-state index is 13.6. The van der Waals surface area contributed by atoms with Crippen LogP contribution in [0.4, 0.5) is 15.8 Å². The van der Waals surface area contributed by atoms with Crippen LogP contribution in [0.25, 0.3) is 0 Å². The van der Waals surface area contributed by atoms with Crippen molar-refractivity contribution in [3.05, 3.63) is 83.7 Å². The summed E-state index contributed by atoms with van der Waals surface area (Å²) in [5.74, 6) is -2.28. The lowest BCUT2D eigenvalue weighted by atomic mass is 10.2. The summed E-state index contributed by atoms with van der Waals surface area (Å²) >= 11 is 0. The number of carbonyl (C=O) groups is 4. The van der Waals surface area contributed by atoms with Crippen LogP contribution >= 0.6 is 0 Å². The second-order valence-electron chi connectivity index (χ2n) is 8.04. The van der Waals surface area contributed by atoms with Crippen LogP contribution in [-0.2, 0) is 19.1 Å². The van der Waals surface area contributed by atoms with Crippen LogP contribution in [0, 0.1) is 5.82 Å². The molecule has 0 aliphatic rings. The van der Waals surface area contributed by atoms with Gasteiger partial charge in [0.15, 0.2) is 18.1 Å². The number of anilines is 2. The van der Waals surface area contributed by atoms with Crippen LogP contribution in [0.2, 0.25) is 0 Å². The van der Waals surface area contributed by atoms with Crippen molar-refractivity contribution in [3.63, 3.8) is 0 Å². The van der Waals surface area contributed by atoms with E-state index in [9.17, 15) is 23.6 Å². The molecule has 3 aromatic carbocycles. The molecule has 11 nitrogen and oxygen atoms in total. The SMILES string of the molecule is CCOC(=O)c1ccc(NC(=O)COc2ccc(C=NNC(=O)CC(=O)Nc3ccccc3F)cc2OC)cc1. The highest BCUT2D eigenvalue weighted by Crippen LogP contribution is 2.27. The zero-order chi connectivity index (χ0) is 28.9. The molecule has 0 heterocycles. The number of nitrogens with one attached hydrogen (secondary N) is 3. The van der Waals surface area contributed by atoms with Crippen molar-refractivity contribution >= 4 is 41.3 Å². The van der Waals surface area contributed by atoms with Crippen molar-refractivity contribution in [2.24, 2.45) is 5.10 Å². The number of nitrogens with zero attached hydrogens (tertiary/aromatic N) is 1. The molecule has 0 aliphatic heterocycles.